The minimum atomic E-state index is -0.545. The summed E-state index contributed by atoms with van der Waals surface area (Å²) in [6.45, 7) is 5.19. The van der Waals surface area contributed by atoms with Crippen LogP contribution in [0.2, 0.25) is 0 Å². The number of hydrogen-bond acceptors (Lipinski definition) is 10. The molecular formula is C26H28N4O8. The minimum absolute atomic E-state index is 0.0307. The number of nitrogens with zero attached hydrogens (tertiary/aromatic N) is 4. The molecule has 38 heavy (non-hydrogen) atoms. The summed E-state index contributed by atoms with van der Waals surface area (Å²) in [5, 5.41) is 8.28. The number of amides is 2. The van der Waals surface area contributed by atoms with Gasteiger partial charge in [0.1, 0.15) is 0 Å². The Hall–Kier alpha value is -4.48. The van der Waals surface area contributed by atoms with Gasteiger partial charge in [0.2, 0.25) is 11.8 Å². The first-order chi connectivity index (χ1) is 18.0. The van der Waals surface area contributed by atoms with Crippen molar-refractivity contribution in [1.82, 2.24) is 10.2 Å². The summed E-state index contributed by atoms with van der Waals surface area (Å²) in [6, 6.07) is 6.23. The van der Waals surface area contributed by atoms with Crippen LogP contribution in [-0.2, 0) is 28.7 Å². The molecule has 12 heteroatoms. The van der Waals surface area contributed by atoms with Crippen molar-refractivity contribution >= 4 is 47.0 Å². The Morgan fingerprint density at radius 3 is 1.37 bits per heavy atom. The van der Waals surface area contributed by atoms with Gasteiger partial charge in [-0.3, -0.25) is 38.6 Å². The fourth-order valence-corrected chi connectivity index (χ4v) is 4.08. The van der Waals surface area contributed by atoms with E-state index in [0.29, 0.717) is 0 Å². The summed E-state index contributed by atoms with van der Waals surface area (Å²) < 4.78 is 9.87. The van der Waals surface area contributed by atoms with Crippen molar-refractivity contribution in [2.24, 2.45) is 0 Å². The number of carbonyl (C=O) groups is 6. The highest BCUT2D eigenvalue weighted by molar-refractivity contribution is 6.32. The quantitative estimate of drug-likeness (QED) is 0.284. The summed E-state index contributed by atoms with van der Waals surface area (Å²) in [5.74, 6) is -3.24. The molecule has 2 aromatic rings. The van der Waals surface area contributed by atoms with Crippen molar-refractivity contribution in [3.8, 4) is 0 Å². The lowest BCUT2D eigenvalue weighted by molar-refractivity contribution is -0.142. The Kier molecular flexibility index (Phi) is 9.00. The number of fused-ring (bicyclic) bond motifs is 2. The van der Waals surface area contributed by atoms with Crippen LogP contribution in [0.1, 0.15) is 72.4 Å². The predicted molar refractivity (Wildman–Crippen MR) is 134 cm³/mol. The number of esters is 2. The van der Waals surface area contributed by atoms with Crippen LogP contribution in [0, 0.1) is 0 Å². The summed E-state index contributed by atoms with van der Waals surface area (Å²) >= 11 is 0. The van der Waals surface area contributed by atoms with Crippen molar-refractivity contribution in [3.63, 3.8) is 0 Å². The van der Waals surface area contributed by atoms with E-state index < -0.39 is 35.3 Å². The molecule has 0 unspecified atom stereocenters. The molecule has 12 nitrogen and oxygen atoms in total. The maximum Gasteiger partial charge on any atom is 0.302 e. The molecule has 0 aliphatic heterocycles. The van der Waals surface area contributed by atoms with Crippen molar-refractivity contribution < 1.29 is 38.2 Å². The molecule has 0 bridgehead atoms. The number of hydrogen-bond donors (Lipinski definition) is 0. The molecule has 0 spiro atoms. The molecule has 1 aromatic heterocycles. The Morgan fingerprint density at radius 1 is 0.684 bits per heavy atom. The molecule has 200 valence electrons. The zero-order valence-corrected chi connectivity index (χ0v) is 21.6. The van der Waals surface area contributed by atoms with E-state index in [1.54, 1.807) is 12.1 Å². The van der Waals surface area contributed by atoms with E-state index in [-0.39, 0.29) is 73.0 Å². The zero-order chi connectivity index (χ0) is 28.0. The van der Waals surface area contributed by atoms with Crippen LogP contribution in [0.25, 0.3) is 0 Å². The van der Waals surface area contributed by atoms with Gasteiger partial charge in [0, 0.05) is 51.9 Å². The van der Waals surface area contributed by atoms with Crippen LogP contribution < -0.4 is 9.80 Å². The van der Waals surface area contributed by atoms with Crippen LogP contribution in [0.5, 0.6) is 0 Å². The Balaban J connectivity index is 2.13. The van der Waals surface area contributed by atoms with Gasteiger partial charge in [-0.1, -0.05) is 24.3 Å². The molecule has 3 rings (SSSR count). The van der Waals surface area contributed by atoms with Crippen molar-refractivity contribution in [3.05, 3.63) is 46.5 Å². The van der Waals surface area contributed by atoms with Gasteiger partial charge in [-0.2, -0.15) is 0 Å². The number of rotatable bonds is 10. The molecule has 0 N–H and O–H groups in total. The molecule has 0 saturated heterocycles. The van der Waals surface area contributed by atoms with Gasteiger partial charge in [0.15, 0.2) is 23.2 Å². The van der Waals surface area contributed by atoms with Crippen LogP contribution in [-0.4, -0.2) is 71.8 Å². The number of aromatic nitrogens is 2. The monoisotopic (exact) mass is 524 g/mol. The first-order valence-electron chi connectivity index (χ1n) is 12.0. The van der Waals surface area contributed by atoms with Crippen molar-refractivity contribution in [2.75, 3.05) is 36.1 Å². The predicted octanol–water partition coefficient (Wildman–Crippen LogP) is 1.86. The molecule has 1 aliphatic carbocycles. The van der Waals surface area contributed by atoms with Crippen LogP contribution in [0.3, 0.4) is 0 Å². The standard InChI is InChI=1S/C26H28N4O8/c1-15(31)29(11-7-13-37-17(3)33)25-21-22(24(36)20-10-6-5-9-19(20)23(21)35)26(28-27-25)30(16(2)32)12-8-14-38-18(4)34/h5-6,9-10H,7-8,11-14H2,1-4H3. The van der Waals surface area contributed by atoms with Crippen LogP contribution in [0.4, 0.5) is 11.6 Å². The Morgan fingerprint density at radius 2 is 1.05 bits per heavy atom. The molecule has 0 saturated carbocycles. The SMILES string of the molecule is CC(=O)OCCCN(C(C)=O)c1nnc(N(CCCOC(C)=O)C(C)=O)c2c1C(=O)c1ccccc1C2=O. The smallest absolute Gasteiger partial charge is 0.302 e. The highest BCUT2D eigenvalue weighted by Crippen LogP contribution is 2.37. The summed E-state index contributed by atoms with van der Waals surface area (Å²) in [6.07, 6.45) is 0.484. The average molecular weight is 525 g/mol. The summed E-state index contributed by atoms with van der Waals surface area (Å²) in [4.78, 5) is 77.2. The number of carbonyl (C=O) groups excluding carboxylic acids is 6. The minimum Gasteiger partial charge on any atom is -0.466 e. The summed E-state index contributed by atoms with van der Waals surface area (Å²) in [7, 11) is 0. The van der Waals surface area contributed by atoms with E-state index in [4.69, 9.17) is 9.47 Å². The van der Waals surface area contributed by atoms with Crippen LogP contribution >= 0.6 is 0 Å². The van der Waals surface area contributed by atoms with Gasteiger partial charge in [-0.15, -0.1) is 10.2 Å². The van der Waals surface area contributed by atoms with Gasteiger partial charge < -0.3 is 9.47 Å². The third kappa shape index (κ3) is 6.07. The lowest BCUT2D eigenvalue weighted by Gasteiger charge is -2.29. The third-order valence-electron chi connectivity index (χ3n) is 5.74. The lowest BCUT2D eigenvalue weighted by atomic mass is 9.84. The van der Waals surface area contributed by atoms with Gasteiger partial charge >= 0.3 is 11.9 Å². The average Bonchev–Trinajstić information content (AvgIpc) is 2.86. The zero-order valence-electron chi connectivity index (χ0n) is 21.6. The first-order valence-corrected chi connectivity index (χ1v) is 12.0. The number of anilines is 2. The largest absolute Gasteiger partial charge is 0.466 e. The molecule has 1 aromatic carbocycles. The maximum absolute atomic E-state index is 13.7. The molecule has 2 amide bonds. The van der Waals surface area contributed by atoms with E-state index in [2.05, 4.69) is 10.2 Å². The van der Waals surface area contributed by atoms with E-state index in [1.807, 2.05) is 0 Å². The molecule has 1 heterocycles. The third-order valence-corrected chi connectivity index (χ3v) is 5.74. The maximum atomic E-state index is 13.7. The second-order valence-electron chi connectivity index (χ2n) is 8.53. The van der Waals surface area contributed by atoms with E-state index in [0.717, 1.165) is 0 Å². The first kappa shape index (κ1) is 28.1. The van der Waals surface area contributed by atoms with Gasteiger partial charge in [0.05, 0.1) is 24.3 Å². The second kappa shape index (κ2) is 12.2. The molecule has 0 fully saturated rings. The van der Waals surface area contributed by atoms with Crippen LogP contribution in [0.15, 0.2) is 24.3 Å². The number of benzene rings is 1. The Labute approximate surface area is 218 Å². The van der Waals surface area contributed by atoms with Crippen molar-refractivity contribution in [1.29, 1.82) is 0 Å². The van der Waals surface area contributed by atoms with E-state index in [9.17, 15) is 28.8 Å². The van der Waals surface area contributed by atoms with E-state index >= 15 is 0 Å². The van der Waals surface area contributed by atoms with Crippen molar-refractivity contribution in [2.45, 2.75) is 40.5 Å². The van der Waals surface area contributed by atoms with E-state index in [1.165, 1.54) is 49.6 Å². The fourth-order valence-electron chi connectivity index (χ4n) is 4.08. The molecule has 1 aliphatic rings. The lowest BCUT2D eigenvalue weighted by Crippen LogP contribution is -2.38. The normalized spacial score (nSPS) is 11.8. The molecule has 0 radical (unpaired) electrons. The summed E-state index contributed by atoms with van der Waals surface area (Å²) in [5.41, 5.74) is -0.0176. The number of ether oxygens (including phenoxy) is 2. The number of ketones is 2. The van der Waals surface area contributed by atoms with Gasteiger partial charge in [-0.05, 0) is 12.8 Å². The van der Waals surface area contributed by atoms with Gasteiger partial charge in [0.25, 0.3) is 0 Å². The topological polar surface area (TPSA) is 153 Å². The molecule has 0 atom stereocenters. The highest BCUT2D eigenvalue weighted by atomic mass is 16.5. The molecular weight excluding hydrogens is 496 g/mol. The van der Waals surface area contributed by atoms with Gasteiger partial charge in [-0.25, -0.2) is 0 Å². The Bertz CT molecular complexity index is 1210. The fraction of sp³-hybridized carbons (Fsp3) is 0.385. The second-order valence-corrected chi connectivity index (χ2v) is 8.53. The highest BCUT2D eigenvalue weighted by Gasteiger charge is 2.39.